The second-order valence-electron chi connectivity index (χ2n) is 6.66. The number of aliphatic hydroxyl groups is 1. The van der Waals surface area contributed by atoms with Gasteiger partial charge in [-0.25, -0.2) is 0 Å². The third-order valence-corrected chi connectivity index (χ3v) is 3.99. The molecule has 0 amide bonds. The molecule has 1 heterocycles. The summed E-state index contributed by atoms with van der Waals surface area (Å²) in [6.45, 7) is 9.72. The topological polar surface area (TPSA) is 48.4 Å². The first-order valence-electron chi connectivity index (χ1n) is 7.84. The van der Waals surface area contributed by atoms with Crippen molar-refractivity contribution in [2.45, 2.75) is 58.2 Å². The van der Waals surface area contributed by atoms with Gasteiger partial charge >= 0.3 is 0 Å². The lowest BCUT2D eigenvalue weighted by Crippen LogP contribution is -2.52. The molecule has 0 aliphatic carbocycles. The van der Waals surface area contributed by atoms with Crippen LogP contribution < -0.4 is 5.32 Å². The zero-order valence-electron chi connectivity index (χ0n) is 14.1. The smallest absolute Gasteiger partial charge is 0.0611 e. The van der Waals surface area contributed by atoms with Gasteiger partial charge in [-0.05, 0) is 51.4 Å². The van der Waals surface area contributed by atoms with Crippen molar-refractivity contribution in [1.29, 1.82) is 0 Å². The molecule has 1 aromatic rings. The number of rotatable bonds is 9. The highest BCUT2D eigenvalue weighted by Crippen LogP contribution is 2.16. The maximum atomic E-state index is 9.68. The van der Waals surface area contributed by atoms with E-state index in [4.69, 9.17) is 0 Å². The molecule has 4 nitrogen and oxygen atoms in total. The number of nitrogens with zero attached hydrogens (tertiary/aromatic N) is 2. The molecule has 1 aromatic heterocycles. The van der Waals surface area contributed by atoms with Gasteiger partial charge in [-0.15, -0.1) is 0 Å². The van der Waals surface area contributed by atoms with Crippen LogP contribution in [0.1, 0.15) is 39.7 Å². The Morgan fingerprint density at radius 1 is 1.29 bits per heavy atom. The molecular weight excluding hydrogens is 262 g/mol. The zero-order valence-corrected chi connectivity index (χ0v) is 14.1. The Morgan fingerprint density at radius 2 is 1.90 bits per heavy atom. The average Bonchev–Trinajstić information content (AvgIpc) is 2.44. The highest BCUT2D eigenvalue weighted by Gasteiger charge is 2.27. The molecule has 120 valence electrons. The van der Waals surface area contributed by atoms with E-state index in [1.54, 1.807) is 0 Å². The summed E-state index contributed by atoms with van der Waals surface area (Å²) in [5, 5.41) is 13.2. The van der Waals surface area contributed by atoms with Crippen molar-refractivity contribution < 1.29 is 5.11 Å². The van der Waals surface area contributed by atoms with E-state index in [0.29, 0.717) is 12.1 Å². The maximum Gasteiger partial charge on any atom is 0.0611 e. The number of aromatic nitrogens is 1. The minimum absolute atomic E-state index is 0.160. The van der Waals surface area contributed by atoms with Crippen molar-refractivity contribution in [3.8, 4) is 0 Å². The van der Waals surface area contributed by atoms with Gasteiger partial charge in [0.15, 0.2) is 0 Å². The summed E-state index contributed by atoms with van der Waals surface area (Å²) in [6, 6.07) is 4.92. The first kappa shape index (κ1) is 18.1. The SMILES string of the molecule is CC(C)NC(C)(CO)CC(C)N(C)CCc1ccncc1. The number of nitrogens with one attached hydrogen (secondary N) is 1. The molecule has 0 bridgehead atoms. The van der Waals surface area contributed by atoms with Gasteiger partial charge < -0.3 is 15.3 Å². The lowest BCUT2D eigenvalue weighted by atomic mass is 9.93. The summed E-state index contributed by atoms with van der Waals surface area (Å²) in [6.07, 6.45) is 5.63. The van der Waals surface area contributed by atoms with E-state index in [1.165, 1.54) is 5.56 Å². The van der Waals surface area contributed by atoms with Crippen molar-refractivity contribution in [3.05, 3.63) is 30.1 Å². The van der Waals surface area contributed by atoms with Crippen molar-refractivity contribution in [2.24, 2.45) is 0 Å². The van der Waals surface area contributed by atoms with E-state index < -0.39 is 0 Å². The molecule has 21 heavy (non-hydrogen) atoms. The Labute approximate surface area is 129 Å². The van der Waals surface area contributed by atoms with Gasteiger partial charge in [0.1, 0.15) is 0 Å². The summed E-state index contributed by atoms with van der Waals surface area (Å²) in [4.78, 5) is 6.40. The molecule has 2 unspecified atom stereocenters. The van der Waals surface area contributed by atoms with Crippen LogP contribution in [-0.4, -0.2) is 52.8 Å². The number of likely N-dealkylation sites (N-methyl/N-ethyl adjacent to an activating group) is 1. The summed E-state index contributed by atoms with van der Waals surface area (Å²) in [7, 11) is 2.15. The summed E-state index contributed by atoms with van der Waals surface area (Å²) >= 11 is 0. The predicted octanol–water partition coefficient (Wildman–Crippen LogP) is 2.08. The zero-order chi connectivity index (χ0) is 15.9. The maximum absolute atomic E-state index is 9.68. The van der Waals surface area contributed by atoms with Gasteiger partial charge in [-0.2, -0.15) is 0 Å². The second-order valence-corrected chi connectivity index (χ2v) is 6.66. The molecule has 0 radical (unpaired) electrons. The molecule has 0 aliphatic rings. The van der Waals surface area contributed by atoms with Crippen LogP contribution in [0.5, 0.6) is 0 Å². The van der Waals surface area contributed by atoms with Crippen LogP contribution in [0.4, 0.5) is 0 Å². The molecule has 2 N–H and O–H groups in total. The molecule has 0 saturated carbocycles. The Balaban J connectivity index is 2.47. The molecule has 4 heteroatoms. The Kier molecular flexibility index (Phi) is 7.29. The number of hydrogen-bond donors (Lipinski definition) is 2. The summed E-state index contributed by atoms with van der Waals surface area (Å²) in [5.74, 6) is 0. The highest BCUT2D eigenvalue weighted by molar-refractivity contribution is 5.09. The normalized spacial score (nSPS) is 16.2. The quantitative estimate of drug-likeness (QED) is 0.732. The Bertz CT molecular complexity index is 396. The molecule has 0 spiro atoms. The first-order chi connectivity index (χ1) is 9.86. The lowest BCUT2D eigenvalue weighted by molar-refractivity contribution is 0.120. The molecule has 0 aromatic carbocycles. The average molecular weight is 293 g/mol. The van der Waals surface area contributed by atoms with Gasteiger partial charge in [0.05, 0.1) is 6.61 Å². The van der Waals surface area contributed by atoms with Crippen LogP contribution in [0.2, 0.25) is 0 Å². The van der Waals surface area contributed by atoms with E-state index in [0.717, 1.165) is 19.4 Å². The predicted molar refractivity (Wildman–Crippen MR) is 88.4 cm³/mol. The van der Waals surface area contributed by atoms with E-state index in [-0.39, 0.29) is 12.1 Å². The second kappa shape index (κ2) is 8.47. The standard InChI is InChI=1S/C17H31N3O/c1-14(2)19-17(4,13-21)12-15(3)20(5)11-8-16-6-9-18-10-7-16/h6-7,9-10,14-15,19,21H,8,11-13H2,1-5H3. The summed E-state index contributed by atoms with van der Waals surface area (Å²) < 4.78 is 0. The van der Waals surface area contributed by atoms with Gasteiger partial charge in [0, 0.05) is 36.6 Å². The van der Waals surface area contributed by atoms with Crippen molar-refractivity contribution in [1.82, 2.24) is 15.2 Å². The molecule has 0 aliphatic heterocycles. The summed E-state index contributed by atoms with van der Waals surface area (Å²) in [5.41, 5.74) is 1.09. The van der Waals surface area contributed by atoms with E-state index in [9.17, 15) is 5.11 Å². The fraction of sp³-hybridized carbons (Fsp3) is 0.706. The van der Waals surface area contributed by atoms with Crippen LogP contribution in [0.25, 0.3) is 0 Å². The minimum atomic E-state index is -0.224. The molecular formula is C17H31N3O. The van der Waals surface area contributed by atoms with Crippen LogP contribution in [0.3, 0.4) is 0 Å². The van der Waals surface area contributed by atoms with Crippen LogP contribution in [0.15, 0.2) is 24.5 Å². The third kappa shape index (κ3) is 6.55. The third-order valence-electron chi connectivity index (χ3n) is 3.99. The van der Waals surface area contributed by atoms with E-state index in [2.05, 4.69) is 62.1 Å². The van der Waals surface area contributed by atoms with Crippen molar-refractivity contribution >= 4 is 0 Å². The number of pyridine rings is 1. The van der Waals surface area contributed by atoms with Crippen LogP contribution >= 0.6 is 0 Å². The fourth-order valence-electron chi connectivity index (χ4n) is 2.75. The van der Waals surface area contributed by atoms with E-state index in [1.807, 2.05) is 12.4 Å². The first-order valence-corrected chi connectivity index (χ1v) is 7.84. The molecule has 1 rings (SSSR count). The minimum Gasteiger partial charge on any atom is -0.394 e. The highest BCUT2D eigenvalue weighted by atomic mass is 16.3. The lowest BCUT2D eigenvalue weighted by Gasteiger charge is -2.36. The Morgan fingerprint density at radius 3 is 2.43 bits per heavy atom. The molecule has 0 fully saturated rings. The van der Waals surface area contributed by atoms with Crippen LogP contribution in [-0.2, 0) is 6.42 Å². The van der Waals surface area contributed by atoms with Gasteiger partial charge in [0.25, 0.3) is 0 Å². The monoisotopic (exact) mass is 293 g/mol. The number of hydrogen-bond acceptors (Lipinski definition) is 4. The number of aliphatic hydroxyl groups excluding tert-OH is 1. The van der Waals surface area contributed by atoms with Gasteiger partial charge in [-0.3, -0.25) is 4.98 Å². The van der Waals surface area contributed by atoms with Gasteiger partial charge in [0.2, 0.25) is 0 Å². The Hall–Kier alpha value is -0.970. The van der Waals surface area contributed by atoms with Crippen LogP contribution in [0, 0.1) is 0 Å². The van der Waals surface area contributed by atoms with Crippen molar-refractivity contribution in [3.63, 3.8) is 0 Å². The largest absolute Gasteiger partial charge is 0.394 e. The van der Waals surface area contributed by atoms with Gasteiger partial charge in [-0.1, -0.05) is 13.8 Å². The van der Waals surface area contributed by atoms with Crippen molar-refractivity contribution in [2.75, 3.05) is 20.2 Å². The molecule has 0 saturated heterocycles. The molecule has 2 atom stereocenters. The van der Waals surface area contributed by atoms with E-state index >= 15 is 0 Å². The fourth-order valence-corrected chi connectivity index (χ4v) is 2.75.